The molecule has 17 heavy (non-hydrogen) atoms. The van der Waals surface area contributed by atoms with E-state index in [2.05, 4.69) is 29.4 Å². The van der Waals surface area contributed by atoms with E-state index in [0.29, 0.717) is 5.92 Å². The molecule has 3 nitrogen and oxygen atoms in total. The summed E-state index contributed by atoms with van der Waals surface area (Å²) >= 11 is 1.83. The summed E-state index contributed by atoms with van der Waals surface area (Å²) < 4.78 is 0. The smallest absolute Gasteiger partial charge is 0.120 e. The third kappa shape index (κ3) is 3.49. The molecule has 0 radical (unpaired) electrons. The minimum Gasteiger partial charge on any atom is -0.316 e. The molecule has 4 heteroatoms. The van der Waals surface area contributed by atoms with Crippen LogP contribution in [-0.4, -0.2) is 23.3 Å². The van der Waals surface area contributed by atoms with E-state index >= 15 is 0 Å². The second-order valence-corrected chi connectivity index (χ2v) is 6.14. The van der Waals surface area contributed by atoms with Gasteiger partial charge in [0, 0.05) is 18.9 Å². The van der Waals surface area contributed by atoms with Crippen molar-refractivity contribution in [3.05, 3.63) is 10.0 Å². The van der Waals surface area contributed by atoms with Crippen LogP contribution < -0.4 is 5.32 Å². The van der Waals surface area contributed by atoms with Crippen LogP contribution in [0.1, 0.15) is 55.5 Å². The van der Waals surface area contributed by atoms with E-state index in [1.807, 2.05) is 11.3 Å². The van der Waals surface area contributed by atoms with Gasteiger partial charge in [-0.05, 0) is 25.3 Å². The Kier molecular flexibility index (Phi) is 4.92. The maximum atomic E-state index is 4.39. The van der Waals surface area contributed by atoms with Crippen LogP contribution in [0.2, 0.25) is 0 Å². The first-order valence-electron chi connectivity index (χ1n) is 6.84. The van der Waals surface area contributed by atoms with Gasteiger partial charge in [0.25, 0.3) is 0 Å². The van der Waals surface area contributed by atoms with Crippen molar-refractivity contribution in [3.63, 3.8) is 0 Å². The largest absolute Gasteiger partial charge is 0.316 e. The van der Waals surface area contributed by atoms with Crippen molar-refractivity contribution in [3.8, 4) is 0 Å². The van der Waals surface area contributed by atoms with Crippen LogP contribution in [0, 0.1) is 5.92 Å². The Hall–Kier alpha value is -0.480. The Morgan fingerprint density at radius 3 is 2.88 bits per heavy atom. The maximum absolute atomic E-state index is 4.39. The number of aromatic nitrogens is 2. The van der Waals surface area contributed by atoms with Crippen molar-refractivity contribution in [2.45, 2.75) is 51.9 Å². The fraction of sp³-hybridized carbons (Fsp3) is 0.846. The van der Waals surface area contributed by atoms with Crippen molar-refractivity contribution < 1.29 is 0 Å². The molecular formula is C13H23N3S. The van der Waals surface area contributed by atoms with Crippen molar-refractivity contribution in [1.82, 2.24) is 15.5 Å². The van der Waals surface area contributed by atoms with Gasteiger partial charge < -0.3 is 5.32 Å². The number of rotatable bonds is 6. The van der Waals surface area contributed by atoms with Gasteiger partial charge in [0.2, 0.25) is 0 Å². The van der Waals surface area contributed by atoms with Crippen LogP contribution in [0.5, 0.6) is 0 Å². The van der Waals surface area contributed by atoms with Gasteiger partial charge in [0.05, 0.1) is 0 Å². The molecular weight excluding hydrogens is 230 g/mol. The first-order chi connectivity index (χ1) is 8.31. The molecule has 2 rings (SSSR count). The average Bonchev–Trinajstić information content (AvgIpc) is 2.93. The lowest BCUT2D eigenvalue weighted by Gasteiger charge is -2.10. The summed E-state index contributed by atoms with van der Waals surface area (Å²) in [5, 5.41) is 14.6. The van der Waals surface area contributed by atoms with Gasteiger partial charge in [0.1, 0.15) is 10.0 Å². The second-order valence-electron chi connectivity index (χ2n) is 5.05. The van der Waals surface area contributed by atoms with Gasteiger partial charge >= 0.3 is 0 Å². The second kappa shape index (κ2) is 6.45. The summed E-state index contributed by atoms with van der Waals surface area (Å²) in [5.74, 6) is 1.49. The van der Waals surface area contributed by atoms with Crippen molar-refractivity contribution in [2.24, 2.45) is 5.92 Å². The minimum atomic E-state index is 0.685. The van der Waals surface area contributed by atoms with Crippen LogP contribution in [0.15, 0.2) is 0 Å². The third-order valence-corrected chi connectivity index (χ3v) is 4.72. The molecule has 1 heterocycles. The predicted octanol–water partition coefficient (Wildman–Crippen LogP) is 2.98. The van der Waals surface area contributed by atoms with Gasteiger partial charge in [-0.15, -0.1) is 21.5 Å². The first kappa shape index (κ1) is 13.0. The normalized spacial score (nSPS) is 24.4. The third-order valence-electron chi connectivity index (χ3n) is 3.60. The van der Waals surface area contributed by atoms with E-state index in [1.54, 1.807) is 0 Å². The number of nitrogens with zero attached hydrogens (tertiary/aromatic N) is 2. The molecule has 0 bridgehead atoms. The lowest BCUT2D eigenvalue weighted by Crippen LogP contribution is -2.17. The average molecular weight is 253 g/mol. The molecule has 1 N–H and O–H groups in total. The monoisotopic (exact) mass is 253 g/mol. The van der Waals surface area contributed by atoms with Crippen LogP contribution in [0.4, 0.5) is 0 Å². The molecule has 0 aliphatic heterocycles. The lowest BCUT2D eigenvalue weighted by atomic mass is 9.99. The highest BCUT2D eigenvalue weighted by Gasteiger charge is 2.27. The number of hydrogen-bond donors (Lipinski definition) is 1. The molecule has 0 saturated heterocycles. The van der Waals surface area contributed by atoms with Crippen LogP contribution in [-0.2, 0) is 6.42 Å². The molecule has 2 atom stereocenters. The highest BCUT2D eigenvalue weighted by molar-refractivity contribution is 7.11. The van der Waals surface area contributed by atoms with E-state index in [1.165, 1.54) is 35.7 Å². The van der Waals surface area contributed by atoms with Gasteiger partial charge in [-0.3, -0.25) is 0 Å². The Labute approximate surface area is 108 Å². The SMILES string of the molecule is CCCNCCc1nnc(C2CCCC2C)s1. The molecule has 1 aliphatic carbocycles. The highest BCUT2D eigenvalue weighted by Crippen LogP contribution is 2.40. The van der Waals surface area contributed by atoms with Crippen LogP contribution in [0.3, 0.4) is 0 Å². The quantitative estimate of drug-likeness (QED) is 0.792. The van der Waals surface area contributed by atoms with Gasteiger partial charge in [-0.2, -0.15) is 0 Å². The Balaban J connectivity index is 1.83. The van der Waals surface area contributed by atoms with E-state index in [9.17, 15) is 0 Å². The summed E-state index contributed by atoms with van der Waals surface area (Å²) in [4.78, 5) is 0. The zero-order valence-corrected chi connectivity index (χ0v) is 11.7. The van der Waals surface area contributed by atoms with E-state index in [-0.39, 0.29) is 0 Å². The Morgan fingerprint density at radius 2 is 2.18 bits per heavy atom. The van der Waals surface area contributed by atoms with E-state index in [0.717, 1.165) is 25.4 Å². The first-order valence-corrected chi connectivity index (χ1v) is 7.66. The van der Waals surface area contributed by atoms with E-state index < -0.39 is 0 Å². The summed E-state index contributed by atoms with van der Waals surface area (Å²) in [6.45, 7) is 6.67. The molecule has 1 aromatic rings. The molecule has 2 unspecified atom stereocenters. The van der Waals surface area contributed by atoms with Gasteiger partial charge in [0.15, 0.2) is 0 Å². The molecule has 0 amide bonds. The molecule has 1 aliphatic rings. The predicted molar refractivity (Wildman–Crippen MR) is 72.5 cm³/mol. The lowest BCUT2D eigenvalue weighted by molar-refractivity contribution is 0.527. The number of hydrogen-bond acceptors (Lipinski definition) is 4. The Morgan fingerprint density at radius 1 is 1.29 bits per heavy atom. The standard InChI is InChI=1S/C13H23N3S/c1-3-8-14-9-7-12-15-16-13(17-12)11-6-4-5-10(11)2/h10-11,14H,3-9H2,1-2H3. The Bertz CT molecular complexity index is 337. The molecule has 1 fully saturated rings. The summed E-state index contributed by atoms with van der Waals surface area (Å²) in [5.41, 5.74) is 0. The van der Waals surface area contributed by atoms with Gasteiger partial charge in [-0.1, -0.05) is 26.7 Å². The van der Waals surface area contributed by atoms with Crippen molar-refractivity contribution >= 4 is 11.3 Å². The zero-order chi connectivity index (χ0) is 12.1. The maximum Gasteiger partial charge on any atom is 0.120 e. The summed E-state index contributed by atoms with van der Waals surface area (Å²) in [6.07, 6.45) is 6.25. The molecule has 1 aromatic heterocycles. The van der Waals surface area contributed by atoms with Crippen LogP contribution in [0.25, 0.3) is 0 Å². The molecule has 1 saturated carbocycles. The van der Waals surface area contributed by atoms with Crippen LogP contribution >= 0.6 is 11.3 Å². The van der Waals surface area contributed by atoms with Crippen molar-refractivity contribution in [2.75, 3.05) is 13.1 Å². The molecule has 0 spiro atoms. The van der Waals surface area contributed by atoms with Crippen molar-refractivity contribution in [1.29, 1.82) is 0 Å². The highest BCUT2D eigenvalue weighted by atomic mass is 32.1. The summed E-state index contributed by atoms with van der Waals surface area (Å²) in [7, 11) is 0. The fourth-order valence-electron chi connectivity index (χ4n) is 2.53. The van der Waals surface area contributed by atoms with E-state index in [4.69, 9.17) is 0 Å². The minimum absolute atomic E-state index is 0.685. The summed E-state index contributed by atoms with van der Waals surface area (Å²) in [6, 6.07) is 0. The number of nitrogens with one attached hydrogen (secondary N) is 1. The molecule has 0 aromatic carbocycles. The van der Waals surface area contributed by atoms with Gasteiger partial charge in [-0.25, -0.2) is 0 Å². The fourth-order valence-corrected chi connectivity index (χ4v) is 3.64. The topological polar surface area (TPSA) is 37.8 Å². The molecule has 96 valence electrons. The zero-order valence-electron chi connectivity index (χ0n) is 10.9.